The van der Waals surface area contributed by atoms with E-state index in [1.807, 2.05) is 6.92 Å². The molecule has 0 aromatic heterocycles. The van der Waals surface area contributed by atoms with Gasteiger partial charge in [-0.05, 0) is 38.1 Å². The molecule has 0 spiro atoms. The number of hydrogen-bond acceptors (Lipinski definition) is 3. The van der Waals surface area contributed by atoms with Gasteiger partial charge in [0.2, 0.25) is 5.91 Å². The van der Waals surface area contributed by atoms with Crippen molar-refractivity contribution in [3.05, 3.63) is 29.8 Å². The lowest BCUT2D eigenvalue weighted by Crippen LogP contribution is -2.52. The molecule has 1 aliphatic rings. The van der Waals surface area contributed by atoms with E-state index in [0.29, 0.717) is 38.3 Å². The predicted molar refractivity (Wildman–Crippen MR) is 85.4 cm³/mol. The first-order chi connectivity index (χ1) is 10.5. The molecule has 1 saturated heterocycles. The minimum atomic E-state index is -0.520. The lowest BCUT2D eigenvalue weighted by atomic mass is 10.1. The van der Waals surface area contributed by atoms with Gasteiger partial charge in [0.05, 0.1) is 6.61 Å². The van der Waals surface area contributed by atoms with Crippen LogP contribution in [-0.4, -0.2) is 59.8 Å². The maximum absolute atomic E-state index is 12.4. The van der Waals surface area contributed by atoms with E-state index in [1.54, 1.807) is 41.0 Å². The predicted octanol–water partition coefficient (Wildman–Crippen LogP) is 2.00. The van der Waals surface area contributed by atoms with Crippen molar-refractivity contribution in [3.63, 3.8) is 0 Å². The van der Waals surface area contributed by atoms with E-state index in [9.17, 15) is 9.59 Å². The Labute approximate surface area is 135 Å². The second kappa shape index (κ2) is 7.49. The van der Waals surface area contributed by atoms with E-state index in [4.69, 9.17) is 16.3 Å². The van der Waals surface area contributed by atoms with Crippen LogP contribution >= 0.6 is 11.6 Å². The number of rotatable bonds is 4. The van der Waals surface area contributed by atoms with E-state index in [1.165, 1.54) is 0 Å². The Morgan fingerprint density at radius 1 is 1.14 bits per heavy atom. The number of hydrogen-bond donors (Lipinski definition) is 0. The summed E-state index contributed by atoms with van der Waals surface area (Å²) in [6.45, 7) is 6.30. The van der Waals surface area contributed by atoms with Crippen LogP contribution < -0.4 is 4.74 Å². The summed E-state index contributed by atoms with van der Waals surface area (Å²) >= 11 is 5.81. The zero-order valence-corrected chi connectivity index (χ0v) is 13.7. The van der Waals surface area contributed by atoms with Crippen LogP contribution in [0.2, 0.25) is 0 Å². The van der Waals surface area contributed by atoms with E-state index in [0.717, 1.165) is 5.75 Å². The van der Waals surface area contributed by atoms with Gasteiger partial charge in [0.1, 0.15) is 11.1 Å². The molecule has 22 heavy (non-hydrogen) atoms. The number of ether oxygens (including phenoxy) is 1. The number of benzene rings is 1. The van der Waals surface area contributed by atoms with Crippen molar-refractivity contribution in [3.8, 4) is 5.75 Å². The van der Waals surface area contributed by atoms with Crippen LogP contribution in [0, 0.1) is 0 Å². The summed E-state index contributed by atoms with van der Waals surface area (Å²) in [5.74, 6) is 0.662. The molecule has 0 radical (unpaired) electrons. The highest BCUT2D eigenvalue weighted by atomic mass is 35.5. The van der Waals surface area contributed by atoms with Crippen molar-refractivity contribution < 1.29 is 14.3 Å². The SMILES string of the molecule is CCOc1ccc(C(=O)N2CCN(C(=O)C(C)Cl)CC2)cc1. The van der Waals surface area contributed by atoms with Crippen molar-refractivity contribution in [2.75, 3.05) is 32.8 Å². The average molecular weight is 325 g/mol. The van der Waals surface area contributed by atoms with Crippen molar-refractivity contribution in [2.45, 2.75) is 19.2 Å². The third-order valence-electron chi connectivity index (χ3n) is 3.63. The number of piperazine rings is 1. The molecule has 2 rings (SSSR count). The average Bonchev–Trinajstić information content (AvgIpc) is 2.54. The van der Waals surface area contributed by atoms with Gasteiger partial charge >= 0.3 is 0 Å². The Morgan fingerprint density at radius 2 is 1.68 bits per heavy atom. The molecular weight excluding hydrogens is 304 g/mol. The van der Waals surface area contributed by atoms with Crippen LogP contribution in [0.15, 0.2) is 24.3 Å². The Balaban J connectivity index is 1.93. The Kier molecular flexibility index (Phi) is 5.66. The number of carbonyl (C=O) groups excluding carboxylic acids is 2. The molecule has 120 valence electrons. The topological polar surface area (TPSA) is 49.9 Å². The minimum absolute atomic E-state index is 0.0194. The minimum Gasteiger partial charge on any atom is -0.494 e. The summed E-state index contributed by atoms with van der Waals surface area (Å²) in [4.78, 5) is 27.7. The van der Waals surface area contributed by atoms with E-state index >= 15 is 0 Å². The normalized spacial score (nSPS) is 16.3. The summed E-state index contributed by atoms with van der Waals surface area (Å²) in [6.07, 6.45) is 0. The highest BCUT2D eigenvalue weighted by Gasteiger charge is 2.26. The lowest BCUT2D eigenvalue weighted by molar-refractivity contribution is -0.131. The van der Waals surface area contributed by atoms with Crippen LogP contribution in [0.3, 0.4) is 0 Å². The smallest absolute Gasteiger partial charge is 0.253 e. The Morgan fingerprint density at radius 3 is 2.18 bits per heavy atom. The lowest BCUT2D eigenvalue weighted by Gasteiger charge is -2.35. The standard InChI is InChI=1S/C16H21ClN2O3/c1-3-22-14-6-4-13(5-7-14)16(21)19-10-8-18(9-11-19)15(20)12(2)17/h4-7,12H,3,8-11H2,1-2H3. The highest BCUT2D eigenvalue weighted by Crippen LogP contribution is 2.15. The fourth-order valence-corrected chi connectivity index (χ4v) is 2.56. The van der Waals surface area contributed by atoms with Crippen LogP contribution in [0.4, 0.5) is 0 Å². The molecule has 1 fully saturated rings. The maximum Gasteiger partial charge on any atom is 0.253 e. The van der Waals surface area contributed by atoms with Crippen LogP contribution in [0.5, 0.6) is 5.75 Å². The van der Waals surface area contributed by atoms with Gasteiger partial charge in [0, 0.05) is 31.7 Å². The molecule has 0 saturated carbocycles. The van der Waals surface area contributed by atoms with E-state index in [2.05, 4.69) is 0 Å². The van der Waals surface area contributed by atoms with E-state index < -0.39 is 5.38 Å². The number of alkyl halides is 1. The van der Waals surface area contributed by atoms with Gasteiger partial charge in [-0.15, -0.1) is 11.6 Å². The van der Waals surface area contributed by atoms with Gasteiger partial charge in [0.25, 0.3) is 5.91 Å². The zero-order chi connectivity index (χ0) is 16.1. The summed E-state index contributed by atoms with van der Waals surface area (Å²) in [5, 5.41) is -0.520. The third kappa shape index (κ3) is 3.91. The van der Waals surface area contributed by atoms with Gasteiger partial charge in [-0.1, -0.05) is 0 Å². The van der Waals surface area contributed by atoms with Crippen molar-refractivity contribution >= 4 is 23.4 Å². The van der Waals surface area contributed by atoms with Gasteiger partial charge in [-0.25, -0.2) is 0 Å². The molecule has 6 heteroatoms. The van der Waals surface area contributed by atoms with Crippen molar-refractivity contribution in [1.82, 2.24) is 9.80 Å². The molecule has 1 unspecified atom stereocenters. The second-order valence-corrected chi connectivity index (χ2v) is 5.85. The molecule has 1 heterocycles. The molecule has 0 aliphatic carbocycles. The van der Waals surface area contributed by atoms with Crippen LogP contribution in [0.25, 0.3) is 0 Å². The monoisotopic (exact) mass is 324 g/mol. The molecule has 5 nitrogen and oxygen atoms in total. The maximum atomic E-state index is 12.4. The second-order valence-electron chi connectivity index (χ2n) is 5.19. The van der Waals surface area contributed by atoms with Gasteiger partial charge in [-0.3, -0.25) is 9.59 Å². The Bertz CT molecular complexity index is 523. The highest BCUT2D eigenvalue weighted by molar-refractivity contribution is 6.30. The molecule has 0 N–H and O–H groups in total. The summed E-state index contributed by atoms with van der Waals surface area (Å²) in [7, 11) is 0. The van der Waals surface area contributed by atoms with Gasteiger partial charge in [0.15, 0.2) is 0 Å². The fraction of sp³-hybridized carbons (Fsp3) is 0.500. The molecule has 1 aromatic carbocycles. The molecule has 1 aliphatic heterocycles. The molecular formula is C16H21ClN2O3. The molecule has 0 bridgehead atoms. The summed E-state index contributed by atoms with van der Waals surface area (Å²) < 4.78 is 5.37. The first-order valence-electron chi connectivity index (χ1n) is 7.48. The quantitative estimate of drug-likeness (QED) is 0.796. The van der Waals surface area contributed by atoms with Crippen molar-refractivity contribution in [2.24, 2.45) is 0 Å². The number of nitrogens with zero attached hydrogens (tertiary/aromatic N) is 2. The number of amides is 2. The van der Waals surface area contributed by atoms with Crippen molar-refractivity contribution in [1.29, 1.82) is 0 Å². The molecule has 2 amide bonds. The Hall–Kier alpha value is -1.75. The molecule has 1 atom stereocenters. The fourth-order valence-electron chi connectivity index (χ4n) is 2.42. The first-order valence-corrected chi connectivity index (χ1v) is 7.91. The number of halogens is 1. The number of carbonyl (C=O) groups is 2. The molecule has 1 aromatic rings. The largest absolute Gasteiger partial charge is 0.494 e. The van der Waals surface area contributed by atoms with Gasteiger partial charge < -0.3 is 14.5 Å². The van der Waals surface area contributed by atoms with Crippen LogP contribution in [0.1, 0.15) is 24.2 Å². The van der Waals surface area contributed by atoms with E-state index in [-0.39, 0.29) is 11.8 Å². The summed E-state index contributed by atoms with van der Waals surface area (Å²) in [6, 6.07) is 7.13. The zero-order valence-electron chi connectivity index (χ0n) is 12.9. The first kappa shape index (κ1) is 16.6. The summed E-state index contributed by atoms with van der Waals surface area (Å²) in [5.41, 5.74) is 0.633. The third-order valence-corrected chi connectivity index (χ3v) is 3.82. The van der Waals surface area contributed by atoms with Crippen LogP contribution in [-0.2, 0) is 4.79 Å². The van der Waals surface area contributed by atoms with Gasteiger partial charge in [-0.2, -0.15) is 0 Å².